The number of hydrogen-bond donors (Lipinski definition) is 1. The highest BCUT2D eigenvalue weighted by atomic mass is 35.5. The highest BCUT2D eigenvalue weighted by Gasteiger charge is 2.17. The van der Waals surface area contributed by atoms with Gasteiger partial charge in [0.2, 0.25) is 5.95 Å². The van der Waals surface area contributed by atoms with Crippen LogP contribution in [0.5, 0.6) is 0 Å². The molecule has 2 aromatic carbocycles. The number of fused-ring (bicyclic) bond motifs is 1. The Balaban J connectivity index is 2.19. The van der Waals surface area contributed by atoms with Gasteiger partial charge in [0.1, 0.15) is 11.6 Å². The molecule has 108 valence electrons. The van der Waals surface area contributed by atoms with Gasteiger partial charge in [0, 0.05) is 6.07 Å². The first-order valence-corrected chi connectivity index (χ1v) is 6.73. The lowest BCUT2D eigenvalue weighted by atomic mass is 10.1. The number of halogens is 3. The number of benzene rings is 2. The van der Waals surface area contributed by atoms with Crippen molar-refractivity contribution < 1.29 is 8.78 Å². The van der Waals surface area contributed by atoms with Crippen molar-refractivity contribution in [2.45, 2.75) is 13.0 Å². The Hall–Kier alpha value is -2.14. The zero-order valence-electron chi connectivity index (χ0n) is 11.1. The van der Waals surface area contributed by atoms with E-state index in [1.807, 2.05) is 6.92 Å². The summed E-state index contributed by atoms with van der Waals surface area (Å²) in [4.78, 5) is 4.18. The Morgan fingerprint density at radius 1 is 1.24 bits per heavy atom. The normalized spacial score (nSPS) is 12.8. The molecule has 0 aliphatic carbocycles. The minimum atomic E-state index is -0.545. The molecule has 0 saturated heterocycles. The van der Waals surface area contributed by atoms with Crippen molar-refractivity contribution in [3.05, 3.63) is 58.6 Å². The monoisotopic (exact) mass is 307 g/mol. The average Bonchev–Trinajstić information content (AvgIpc) is 2.74. The summed E-state index contributed by atoms with van der Waals surface area (Å²) in [5.41, 5.74) is 7.66. The van der Waals surface area contributed by atoms with Crippen molar-refractivity contribution in [3.8, 4) is 0 Å². The van der Waals surface area contributed by atoms with E-state index in [1.54, 1.807) is 16.7 Å². The average molecular weight is 308 g/mol. The molecule has 0 saturated carbocycles. The fourth-order valence-corrected chi connectivity index (χ4v) is 2.59. The van der Waals surface area contributed by atoms with Gasteiger partial charge >= 0.3 is 0 Å². The molecule has 0 radical (unpaired) electrons. The third kappa shape index (κ3) is 2.34. The molecule has 3 nitrogen and oxygen atoms in total. The summed E-state index contributed by atoms with van der Waals surface area (Å²) < 4.78 is 28.7. The summed E-state index contributed by atoms with van der Waals surface area (Å²) in [6.45, 7) is 1.85. The van der Waals surface area contributed by atoms with Crippen LogP contribution in [0.4, 0.5) is 14.7 Å². The highest BCUT2D eigenvalue weighted by molar-refractivity contribution is 6.31. The van der Waals surface area contributed by atoms with Gasteiger partial charge in [-0.1, -0.05) is 23.7 Å². The molecule has 1 atom stereocenters. The molecule has 3 aromatic rings. The van der Waals surface area contributed by atoms with Crippen molar-refractivity contribution in [2.75, 3.05) is 5.73 Å². The fraction of sp³-hybridized carbons (Fsp3) is 0.133. The number of hydrogen-bond acceptors (Lipinski definition) is 2. The number of rotatable bonds is 2. The first-order chi connectivity index (χ1) is 9.97. The van der Waals surface area contributed by atoms with Crippen LogP contribution < -0.4 is 5.73 Å². The second-order valence-corrected chi connectivity index (χ2v) is 5.23. The van der Waals surface area contributed by atoms with Crippen LogP contribution in [0.1, 0.15) is 18.5 Å². The van der Waals surface area contributed by atoms with E-state index in [9.17, 15) is 8.78 Å². The van der Waals surface area contributed by atoms with Gasteiger partial charge in [0.15, 0.2) is 0 Å². The molecule has 2 N–H and O–H groups in total. The van der Waals surface area contributed by atoms with Crippen LogP contribution in [-0.4, -0.2) is 9.55 Å². The smallest absolute Gasteiger partial charge is 0.201 e. The standard InChI is InChI=1S/C15H12ClF2N3/c1-8(9-3-2-4-10(17)5-9)21-14-7-12(18)11(16)6-13(14)20-15(21)19/h2-8H,1H3,(H2,19,20). The lowest BCUT2D eigenvalue weighted by molar-refractivity contribution is 0.609. The maximum absolute atomic E-state index is 13.7. The van der Waals surface area contributed by atoms with E-state index < -0.39 is 5.82 Å². The van der Waals surface area contributed by atoms with Crippen molar-refractivity contribution >= 4 is 28.6 Å². The van der Waals surface area contributed by atoms with Gasteiger partial charge < -0.3 is 10.3 Å². The molecule has 0 spiro atoms. The first-order valence-electron chi connectivity index (χ1n) is 6.35. The lowest BCUT2D eigenvalue weighted by Gasteiger charge is -2.16. The fourth-order valence-electron chi connectivity index (χ4n) is 2.43. The van der Waals surface area contributed by atoms with Crippen LogP contribution in [0.25, 0.3) is 11.0 Å². The maximum atomic E-state index is 13.7. The van der Waals surface area contributed by atoms with Crippen LogP contribution in [0.3, 0.4) is 0 Å². The summed E-state index contributed by atoms with van der Waals surface area (Å²) in [6, 6.07) is 8.62. The molecule has 0 amide bonds. The molecule has 6 heteroatoms. The molecular weight excluding hydrogens is 296 g/mol. The number of nitrogens with two attached hydrogens (primary N) is 1. The minimum Gasteiger partial charge on any atom is -0.369 e. The molecule has 0 aliphatic heterocycles. The Labute approximate surface area is 125 Å². The Morgan fingerprint density at radius 3 is 2.71 bits per heavy atom. The van der Waals surface area contributed by atoms with Crippen LogP contribution in [0, 0.1) is 11.6 Å². The predicted molar refractivity (Wildman–Crippen MR) is 79.3 cm³/mol. The van der Waals surface area contributed by atoms with E-state index in [0.29, 0.717) is 11.0 Å². The van der Waals surface area contributed by atoms with Crippen molar-refractivity contribution in [1.82, 2.24) is 9.55 Å². The SMILES string of the molecule is CC(c1cccc(F)c1)n1c(N)nc2cc(Cl)c(F)cc21. The van der Waals surface area contributed by atoms with Crippen LogP contribution >= 0.6 is 11.6 Å². The van der Waals surface area contributed by atoms with Crippen LogP contribution in [0.2, 0.25) is 5.02 Å². The van der Waals surface area contributed by atoms with E-state index in [4.69, 9.17) is 17.3 Å². The minimum absolute atomic E-state index is 0.00874. The molecule has 0 fully saturated rings. The molecule has 1 heterocycles. The van der Waals surface area contributed by atoms with Gasteiger partial charge in [-0.15, -0.1) is 0 Å². The predicted octanol–water partition coefficient (Wildman–Crippen LogP) is 4.16. The Bertz CT molecular complexity index is 829. The van der Waals surface area contributed by atoms with E-state index in [1.165, 1.54) is 24.3 Å². The molecule has 0 bridgehead atoms. The second kappa shape index (κ2) is 5.00. The summed E-state index contributed by atoms with van der Waals surface area (Å²) in [5.74, 6) is -0.656. The Kier molecular flexibility index (Phi) is 3.29. The molecule has 3 rings (SSSR count). The highest BCUT2D eigenvalue weighted by Crippen LogP contribution is 2.30. The van der Waals surface area contributed by atoms with Crippen molar-refractivity contribution in [3.63, 3.8) is 0 Å². The molecule has 21 heavy (non-hydrogen) atoms. The topological polar surface area (TPSA) is 43.8 Å². The van der Waals surface area contributed by atoms with Gasteiger partial charge in [-0.3, -0.25) is 0 Å². The summed E-state index contributed by atoms with van der Waals surface area (Å²) in [6.07, 6.45) is 0. The summed E-state index contributed by atoms with van der Waals surface area (Å²) >= 11 is 5.75. The third-order valence-corrected chi connectivity index (χ3v) is 3.77. The number of anilines is 1. The molecular formula is C15H12ClF2N3. The zero-order valence-corrected chi connectivity index (χ0v) is 11.9. The molecule has 0 aliphatic rings. The maximum Gasteiger partial charge on any atom is 0.201 e. The summed E-state index contributed by atoms with van der Waals surface area (Å²) in [7, 11) is 0. The Morgan fingerprint density at radius 2 is 2.00 bits per heavy atom. The van der Waals surface area contributed by atoms with Crippen LogP contribution in [0.15, 0.2) is 36.4 Å². The number of nitrogens with zero attached hydrogens (tertiary/aromatic N) is 2. The van der Waals surface area contributed by atoms with Gasteiger partial charge in [-0.25, -0.2) is 13.8 Å². The number of aromatic nitrogens is 2. The summed E-state index contributed by atoms with van der Waals surface area (Å²) in [5, 5.41) is -0.00874. The second-order valence-electron chi connectivity index (χ2n) is 4.83. The number of nitrogen functional groups attached to an aromatic ring is 1. The largest absolute Gasteiger partial charge is 0.369 e. The van der Waals surface area contributed by atoms with E-state index >= 15 is 0 Å². The zero-order chi connectivity index (χ0) is 15.1. The number of imidazole rings is 1. The van der Waals surface area contributed by atoms with Gasteiger partial charge in [0.25, 0.3) is 0 Å². The van der Waals surface area contributed by atoms with E-state index in [2.05, 4.69) is 4.98 Å². The van der Waals surface area contributed by atoms with Crippen molar-refractivity contribution in [2.24, 2.45) is 0 Å². The lowest BCUT2D eigenvalue weighted by Crippen LogP contribution is -2.10. The molecule has 1 unspecified atom stereocenters. The third-order valence-electron chi connectivity index (χ3n) is 3.48. The first kappa shape index (κ1) is 13.8. The van der Waals surface area contributed by atoms with Gasteiger partial charge in [0.05, 0.1) is 22.1 Å². The quantitative estimate of drug-likeness (QED) is 0.772. The van der Waals surface area contributed by atoms with Gasteiger partial charge in [-0.05, 0) is 30.7 Å². The van der Waals surface area contributed by atoms with Crippen LogP contribution in [-0.2, 0) is 0 Å². The van der Waals surface area contributed by atoms with E-state index in [-0.39, 0.29) is 22.8 Å². The van der Waals surface area contributed by atoms with Crippen molar-refractivity contribution in [1.29, 1.82) is 0 Å². The molecule has 1 aromatic heterocycles. The van der Waals surface area contributed by atoms with E-state index in [0.717, 1.165) is 5.56 Å². The van der Waals surface area contributed by atoms with Gasteiger partial charge in [-0.2, -0.15) is 0 Å².